The van der Waals surface area contributed by atoms with Gasteiger partial charge in [-0.25, -0.2) is 4.79 Å². The second-order valence-corrected chi connectivity index (χ2v) is 13.8. The minimum atomic E-state index is -2.10. The molecular weight excluding hydrogens is 619 g/mol. The summed E-state index contributed by atoms with van der Waals surface area (Å²) in [5.41, 5.74) is -6.46. The maximum Gasteiger partial charge on any atom is 0.338 e. The van der Waals surface area contributed by atoms with Crippen LogP contribution in [-0.2, 0) is 47.4 Å². The Kier molecular flexibility index (Phi) is 8.77. The lowest BCUT2D eigenvalue weighted by Gasteiger charge is -2.67. The summed E-state index contributed by atoms with van der Waals surface area (Å²) in [6.07, 6.45) is -4.51. The summed E-state index contributed by atoms with van der Waals surface area (Å²) >= 11 is 0. The van der Waals surface area contributed by atoms with Gasteiger partial charge in [-0.1, -0.05) is 39.0 Å². The van der Waals surface area contributed by atoms with Gasteiger partial charge in [0, 0.05) is 54.4 Å². The molecule has 2 bridgehead atoms. The van der Waals surface area contributed by atoms with Gasteiger partial charge in [0.1, 0.15) is 23.9 Å². The molecule has 3 fully saturated rings. The lowest BCUT2D eigenvalue weighted by molar-refractivity contribution is -0.343. The molecule has 3 aliphatic carbocycles. The first-order chi connectivity index (χ1) is 21.5. The average molecular weight is 661 g/mol. The van der Waals surface area contributed by atoms with Crippen molar-refractivity contribution in [1.82, 2.24) is 0 Å². The van der Waals surface area contributed by atoms with Crippen molar-refractivity contribution in [3.8, 4) is 0 Å². The van der Waals surface area contributed by atoms with E-state index in [1.165, 1.54) is 13.8 Å². The van der Waals surface area contributed by atoms with Crippen LogP contribution in [0.15, 0.2) is 41.7 Å². The summed E-state index contributed by atoms with van der Waals surface area (Å²) in [6, 6.07) is 8.13. The van der Waals surface area contributed by atoms with Crippen molar-refractivity contribution >= 4 is 39.1 Å². The number of ketones is 1. The third kappa shape index (κ3) is 5.00. The van der Waals surface area contributed by atoms with E-state index in [1.807, 2.05) is 0 Å². The van der Waals surface area contributed by atoms with Crippen molar-refractivity contribution in [2.45, 2.75) is 96.9 Å². The molecule has 0 amide bonds. The molecule has 13 heteroatoms. The van der Waals surface area contributed by atoms with Gasteiger partial charge in [-0.2, -0.15) is 0 Å². The largest absolute Gasteiger partial charge is 0.462 e. The molecule has 0 aromatic heterocycles. The van der Waals surface area contributed by atoms with Crippen molar-refractivity contribution in [1.29, 1.82) is 0 Å². The Morgan fingerprint density at radius 3 is 2.15 bits per heavy atom. The number of esters is 4. The minimum absolute atomic E-state index is 0.0883. The van der Waals surface area contributed by atoms with Gasteiger partial charge in [0.25, 0.3) is 0 Å². The number of benzene rings is 1. The molecule has 1 N–H and O–H groups in total. The summed E-state index contributed by atoms with van der Waals surface area (Å²) in [5.74, 6) is -5.94. The van der Waals surface area contributed by atoms with Gasteiger partial charge < -0.3 is 33.3 Å². The van der Waals surface area contributed by atoms with E-state index in [1.54, 1.807) is 58.0 Å². The van der Waals surface area contributed by atoms with Crippen LogP contribution in [0.25, 0.3) is 0 Å². The van der Waals surface area contributed by atoms with E-state index in [9.17, 15) is 24.3 Å². The van der Waals surface area contributed by atoms with Crippen LogP contribution in [0.1, 0.15) is 71.7 Å². The zero-order valence-electron chi connectivity index (χ0n) is 27.0. The van der Waals surface area contributed by atoms with Gasteiger partial charge >= 0.3 is 23.9 Å². The third-order valence-corrected chi connectivity index (χ3v) is 11.0. The molecule has 1 aromatic rings. The second kappa shape index (κ2) is 11.8. The highest BCUT2D eigenvalue weighted by molar-refractivity contribution is 7.09. The Balaban J connectivity index is 1.89. The van der Waals surface area contributed by atoms with E-state index in [0.717, 1.165) is 6.92 Å². The molecule has 8 unspecified atom stereocenters. The molecule has 250 valence electrons. The highest BCUT2D eigenvalue weighted by atomic mass is 31.0. The molecule has 4 aliphatic rings. The van der Waals surface area contributed by atoms with Gasteiger partial charge in [-0.15, -0.1) is 0 Å². The quantitative estimate of drug-likeness (QED) is 0.270. The zero-order chi connectivity index (χ0) is 34.0. The molecule has 2 saturated carbocycles. The van der Waals surface area contributed by atoms with Crippen LogP contribution in [0.3, 0.4) is 0 Å². The number of rotatable bonds is 6. The number of allylic oxidation sites excluding steroid dienone is 1. The number of carbonyl (C=O) groups is 5. The lowest BCUT2D eigenvalue weighted by atomic mass is 9.45. The van der Waals surface area contributed by atoms with Crippen molar-refractivity contribution in [2.75, 3.05) is 6.61 Å². The van der Waals surface area contributed by atoms with Crippen molar-refractivity contribution < 1.29 is 57.3 Å². The Labute approximate surface area is 269 Å². The molecule has 46 heavy (non-hydrogen) atoms. The zero-order valence-corrected chi connectivity index (χ0v) is 28.1. The topological polar surface area (TPSA) is 161 Å². The van der Waals surface area contributed by atoms with Crippen LogP contribution < -0.4 is 0 Å². The molecule has 1 aromatic carbocycles. The first-order valence-corrected chi connectivity index (χ1v) is 15.7. The number of ether oxygens (including phenoxy) is 5. The fraction of sp³-hybridized carbons (Fsp3) is 0.606. The first kappa shape index (κ1) is 34.2. The molecule has 10 atom stereocenters. The van der Waals surface area contributed by atoms with Gasteiger partial charge in [0.15, 0.2) is 11.4 Å². The van der Waals surface area contributed by atoms with Crippen LogP contribution in [0, 0.1) is 22.7 Å². The Morgan fingerprint density at radius 2 is 1.63 bits per heavy atom. The van der Waals surface area contributed by atoms with Gasteiger partial charge in [0.05, 0.1) is 29.6 Å². The lowest BCUT2D eigenvalue weighted by Crippen LogP contribution is -2.81. The molecule has 1 saturated heterocycles. The van der Waals surface area contributed by atoms with Crippen LogP contribution in [0.4, 0.5) is 0 Å². The fourth-order valence-corrected chi connectivity index (χ4v) is 8.80. The van der Waals surface area contributed by atoms with Crippen molar-refractivity contribution in [2.24, 2.45) is 22.7 Å². The number of hydrogen-bond acceptors (Lipinski definition) is 12. The van der Waals surface area contributed by atoms with Crippen LogP contribution in [0.5, 0.6) is 0 Å². The van der Waals surface area contributed by atoms with Crippen molar-refractivity contribution in [3.63, 3.8) is 0 Å². The van der Waals surface area contributed by atoms with Gasteiger partial charge in [0.2, 0.25) is 5.78 Å². The Bertz CT molecular complexity index is 1490. The fourth-order valence-electron chi connectivity index (χ4n) is 8.41. The van der Waals surface area contributed by atoms with E-state index in [2.05, 4.69) is 9.47 Å². The number of Topliss-reactive ketones (excluding diaryl/α,β-unsaturated/α-hetero) is 1. The maximum atomic E-state index is 15.2. The van der Waals surface area contributed by atoms with E-state index in [-0.39, 0.29) is 36.3 Å². The van der Waals surface area contributed by atoms with Crippen LogP contribution in [-0.4, -0.2) is 77.0 Å². The van der Waals surface area contributed by atoms with E-state index >= 15 is 4.79 Å². The molecule has 0 spiro atoms. The summed E-state index contributed by atoms with van der Waals surface area (Å²) in [5, 5.41) is 13.2. The molecular formula is C33H41O12P. The summed E-state index contributed by atoms with van der Waals surface area (Å²) in [4.78, 5) is 66.9. The predicted molar refractivity (Wildman–Crippen MR) is 163 cm³/mol. The van der Waals surface area contributed by atoms with E-state index in [4.69, 9.17) is 28.2 Å². The second-order valence-electron chi connectivity index (χ2n) is 13.5. The monoisotopic (exact) mass is 660 g/mol. The van der Waals surface area contributed by atoms with Gasteiger partial charge in [-0.05, 0) is 24.6 Å². The summed E-state index contributed by atoms with van der Waals surface area (Å²) < 4.78 is 35.6. The predicted octanol–water partition coefficient (Wildman–Crippen LogP) is 3.24. The first-order valence-electron chi connectivity index (χ1n) is 15.3. The molecule has 1 aliphatic heterocycles. The molecule has 0 radical (unpaired) electrons. The number of hydrogen-bond donors (Lipinski definition) is 1. The van der Waals surface area contributed by atoms with E-state index < -0.39 is 87.9 Å². The standard InChI is InChI=1S/C33H41O12P/c1-16-21(41-17(2)34)14-33(39)28(43-29(38)20-11-9-8-10-12-20)26-31(7,27(37)25(42-18(3)35)24(16)30(33,5)6)22(45-46)13-23-32(26,15-40-23)44-19(4)36/h8-12,16,21-23,26,28,39H,13-15,46H2,1-7H3/t16?,21?,22?,23?,26?,28?,31-,32+,33?/m1/s1. The SMILES string of the molecule is CC(=O)OC1=C2C(C)C(OC(C)=O)CC(O)(C(OC(=O)c3ccccc3)C3[C@]4(OC(C)=O)COC4CC(OP)[C@@]3(C)C1=O)C2(C)C. The minimum Gasteiger partial charge on any atom is -0.462 e. The Morgan fingerprint density at radius 1 is 0.978 bits per heavy atom. The highest BCUT2D eigenvalue weighted by Gasteiger charge is 2.78. The third-order valence-electron chi connectivity index (χ3n) is 10.6. The summed E-state index contributed by atoms with van der Waals surface area (Å²) in [7, 11) is 2.15. The number of aliphatic hydroxyl groups is 1. The van der Waals surface area contributed by atoms with Crippen LogP contribution >= 0.6 is 9.47 Å². The average Bonchev–Trinajstić information content (AvgIpc) is 2.96. The van der Waals surface area contributed by atoms with E-state index in [0.29, 0.717) is 0 Å². The Hall–Kier alpha value is -3.18. The van der Waals surface area contributed by atoms with Crippen molar-refractivity contribution in [3.05, 3.63) is 47.2 Å². The number of carbonyl (C=O) groups excluding carboxylic acids is 5. The summed E-state index contributed by atoms with van der Waals surface area (Å²) in [6.45, 7) is 10.0. The number of fused-ring (bicyclic) bond motifs is 5. The van der Waals surface area contributed by atoms with Crippen LogP contribution in [0.2, 0.25) is 0 Å². The molecule has 5 rings (SSSR count). The molecule has 12 nitrogen and oxygen atoms in total. The molecule has 1 heterocycles. The highest BCUT2D eigenvalue weighted by Crippen LogP contribution is 2.65. The smallest absolute Gasteiger partial charge is 0.338 e. The maximum absolute atomic E-state index is 15.2. The normalized spacial score (nSPS) is 37.7. The van der Waals surface area contributed by atoms with Gasteiger partial charge in [-0.3, -0.25) is 19.2 Å².